The molecule has 0 unspecified atom stereocenters. The average Bonchev–Trinajstić information content (AvgIpc) is 2.87. The minimum absolute atomic E-state index is 0.114. The summed E-state index contributed by atoms with van der Waals surface area (Å²) < 4.78 is 0. The molecule has 0 saturated carbocycles. The van der Waals surface area contributed by atoms with Gasteiger partial charge in [0.25, 0.3) is 5.91 Å². The fourth-order valence-corrected chi connectivity index (χ4v) is 1.87. The predicted octanol–water partition coefficient (Wildman–Crippen LogP) is 0.990. The Balaban J connectivity index is 2.16. The number of hydrogen-bond donors (Lipinski definition) is 3. The van der Waals surface area contributed by atoms with Crippen LogP contribution in [0.15, 0.2) is 30.5 Å². The van der Waals surface area contributed by atoms with Crippen molar-refractivity contribution in [2.75, 3.05) is 6.54 Å². The van der Waals surface area contributed by atoms with E-state index < -0.39 is 5.91 Å². The van der Waals surface area contributed by atoms with Gasteiger partial charge in [0.2, 0.25) is 5.91 Å². The molecule has 104 valence electrons. The topological polar surface area (TPSA) is 101 Å². The SMILES string of the molecule is Cc1cccc(-c2[nH]ncc2C(=O)NCCC(N)=O)c1. The Morgan fingerprint density at radius 1 is 1.40 bits per heavy atom. The van der Waals surface area contributed by atoms with Crippen molar-refractivity contribution in [3.05, 3.63) is 41.6 Å². The molecule has 1 heterocycles. The van der Waals surface area contributed by atoms with Gasteiger partial charge >= 0.3 is 0 Å². The van der Waals surface area contributed by atoms with Crippen LogP contribution < -0.4 is 11.1 Å². The van der Waals surface area contributed by atoms with E-state index in [0.29, 0.717) is 11.3 Å². The normalized spacial score (nSPS) is 10.2. The van der Waals surface area contributed by atoms with Crippen LogP contribution in [-0.2, 0) is 4.79 Å². The van der Waals surface area contributed by atoms with E-state index in [0.717, 1.165) is 11.1 Å². The molecule has 0 atom stereocenters. The first-order valence-corrected chi connectivity index (χ1v) is 6.25. The van der Waals surface area contributed by atoms with Crippen LogP contribution in [0, 0.1) is 6.92 Å². The number of carbonyl (C=O) groups is 2. The number of aromatic amines is 1. The van der Waals surface area contributed by atoms with Gasteiger partial charge in [-0.2, -0.15) is 5.10 Å². The summed E-state index contributed by atoms with van der Waals surface area (Å²) in [6, 6.07) is 7.77. The molecule has 0 aliphatic heterocycles. The highest BCUT2D eigenvalue weighted by Crippen LogP contribution is 2.21. The zero-order valence-electron chi connectivity index (χ0n) is 11.1. The maximum Gasteiger partial charge on any atom is 0.255 e. The van der Waals surface area contributed by atoms with E-state index in [2.05, 4.69) is 15.5 Å². The van der Waals surface area contributed by atoms with Crippen LogP contribution in [0.2, 0.25) is 0 Å². The van der Waals surface area contributed by atoms with Crippen LogP contribution in [0.3, 0.4) is 0 Å². The average molecular weight is 272 g/mol. The van der Waals surface area contributed by atoms with Gasteiger partial charge in [0, 0.05) is 18.5 Å². The minimum atomic E-state index is -0.448. The molecule has 6 heteroatoms. The van der Waals surface area contributed by atoms with Crippen LogP contribution in [0.5, 0.6) is 0 Å². The molecule has 0 spiro atoms. The van der Waals surface area contributed by atoms with Crippen molar-refractivity contribution in [2.45, 2.75) is 13.3 Å². The van der Waals surface area contributed by atoms with Crippen LogP contribution in [0.25, 0.3) is 11.3 Å². The van der Waals surface area contributed by atoms with Gasteiger partial charge in [0.15, 0.2) is 0 Å². The lowest BCUT2D eigenvalue weighted by Gasteiger charge is -2.05. The molecule has 0 aliphatic carbocycles. The van der Waals surface area contributed by atoms with E-state index in [1.807, 2.05) is 31.2 Å². The van der Waals surface area contributed by atoms with Crippen LogP contribution in [-0.4, -0.2) is 28.6 Å². The first kappa shape index (κ1) is 13.8. The molecule has 0 bridgehead atoms. The van der Waals surface area contributed by atoms with E-state index in [1.165, 1.54) is 6.20 Å². The lowest BCUT2D eigenvalue weighted by Crippen LogP contribution is -2.27. The maximum atomic E-state index is 12.0. The van der Waals surface area contributed by atoms with Crippen LogP contribution >= 0.6 is 0 Å². The number of nitrogens with two attached hydrogens (primary N) is 1. The molecule has 0 fully saturated rings. The highest BCUT2D eigenvalue weighted by Gasteiger charge is 2.15. The molecule has 2 aromatic rings. The van der Waals surface area contributed by atoms with E-state index in [4.69, 9.17) is 5.73 Å². The Morgan fingerprint density at radius 2 is 2.20 bits per heavy atom. The summed E-state index contributed by atoms with van der Waals surface area (Å²) in [6.45, 7) is 2.19. The molecule has 4 N–H and O–H groups in total. The van der Waals surface area contributed by atoms with Gasteiger partial charge in [-0.25, -0.2) is 0 Å². The number of benzene rings is 1. The highest BCUT2D eigenvalue weighted by atomic mass is 16.2. The number of carbonyl (C=O) groups excluding carboxylic acids is 2. The first-order valence-electron chi connectivity index (χ1n) is 6.25. The molecule has 20 heavy (non-hydrogen) atoms. The number of hydrogen-bond acceptors (Lipinski definition) is 3. The molecule has 1 aromatic carbocycles. The summed E-state index contributed by atoms with van der Waals surface area (Å²) in [7, 11) is 0. The number of amides is 2. The van der Waals surface area contributed by atoms with Crippen LogP contribution in [0.4, 0.5) is 0 Å². The third kappa shape index (κ3) is 3.23. The minimum Gasteiger partial charge on any atom is -0.370 e. The van der Waals surface area contributed by atoms with Gasteiger partial charge in [-0.3, -0.25) is 14.7 Å². The third-order valence-electron chi connectivity index (χ3n) is 2.85. The maximum absolute atomic E-state index is 12.0. The van der Waals surface area contributed by atoms with Crippen LogP contribution in [0.1, 0.15) is 22.3 Å². The second kappa shape index (κ2) is 6.01. The van der Waals surface area contributed by atoms with Crippen molar-refractivity contribution in [3.63, 3.8) is 0 Å². The van der Waals surface area contributed by atoms with Crippen molar-refractivity contribution in [2.24, 2.45) is 5.73 Å². The van der Waals surface area contributed by atoms with Crippen molar-refractivity contribution in [3.8, 4) is 11.3 Å². The standard InChI is InChI=1S/C14H16N4O2/c1-9-3-2-4-10(7-9)13-11(8-17-18-13)14(20)16-6-5-12(15)19/h2-4,7-8H,5-6H2,1H3,(H2,15,19)(H,16,20)(H,17,18). The smallest absolute Gasteiger partial charge is 0.255 e. The van der Waals surface area contributed by atoms with E-state index in [9.17, 15) is 9.59 Å². The monoisotopic (exact) mass is 272 g/mol. The number of aromatic nitrogens is 2. The zero-order valence-corrected chi connectivity index (χ0v) is 11.1. The Kier molecular flexibility index (Phi) is 4.14. The van der Waals surface area contributed by atoms with E-state index in [1.54, 1.807) is 0 Å². The summed E-state index contributed by atoms with van der Waals surface area (Å²) in [5, 5.41) is 9.38. The third-order valence-corrected chi connectivity index (χ3v) is 2.85. The fourth-order valence-electron chi connectivity index (χ4n) is 1.87. The number of H-pyrrole nitrogens is 1. The summed E-state index contributed by atoms with van der Waals surface area (Å²) in [4.78, 5) is 22.7. The van der Waals surface area contributed by atoms with Crippen molar-refractivity contribution in [1.29, 1.82) is 0 Å². The van der Waals surface area contributed by atoms with E-state index in [-0.39, 0.29) is 18.9 Å². The molecule has 0 radical (unpaired) electrons. The Labute approximate surface area is 116 Å². The second-order valence-corrected chi connectivity index (χ2v) is 4.50. The van der Waals surface area contributed by atoms with Gasteiger partial charge < -0.3 is 11.1 Å². The second-order valence-electron chi connectivity index (χ2n) is 4.50. The zero-order chi connectivity index (χ0) is 14.5. The molecule has 6 nitrogen and oxygen atoms in total. The molecule has 1 aromatic heterocycles. The number of nitrogens with zero attached hydrogens (tertiary/aromatic N) is 1. The highest BCUT2D eigenvalue weighted by molar-refractivity contribution is 5.99. The summed E-state index contributed by atoms with van der Waals surface area (Å²) in [5.41, 5.74) is 8.11. The van der Waals surface area contributed by atoms with Gasteiger partial charge in [-0.05, 0) is 13.0 Å². The first-order chi connectivity index (χ1) is 9.58. The summed E-state index contributed by atoms with van der Waals surface area (Å²) in [6.07, 6.45) is 1.58. The fraction of sp³-hybridized carbons (Fsp3) is 0.214. The molecule has 0 aliphatic rings. The summed E-state index contributed by atoms with van der Waals surface area (Å²) in [5.74, 6) is -0.729. The van der Waals surface area contributed by atoms with Gasteiger partial charge in [-0.15, -0.1) is 0 Å². The molecular formula is C14H16N4O2. The molecular weight excluding hydrogens is 256 g/mol. The van der Waals surface area contributed by atoms with Gasteiger partial charge in [0.1, 0.15) is 0 Å². The number of nitrogens with one attached hydrogen (secondary N) is 2. The van der Waals surface area contributed by atoms with Crippen molar-refractivity contribution in [1.82, 2.24) is 15.5 Å². The molecule has 2 rings (SSSR count). The number of rotatable bonds is 5. The molecule has 0 saturated heterocycles. The Bertz CT molecular complexity index is 634. The van der Waals surface area contributed by atoms with Crippen molar-refractivity contribution >= 4 is 11.8 Å². The Hall–Kier alpha value is -2.63. The number of primary amides is 1. The summed E-state index contributed by atoms with van der Waals surface area (Å²) >= 11 is 0. The number of aryl methyl sites for hydroxylation is 1. The lowest BCUT2D eigenvalue weighted by molar-refractivity contribution is -0.117. The largest absolute Gasteiger partial charge is 0.370 e. The molecule has 2 amide bonds. The quantitative estimate of drug-likeness (QED) is 0.756. The Morgan fingerprint density at radius 3 is 2.90 bits per heavy atom. The van der Waals surface area contributed by atoms with Gasteiger partial charge in [0.05, 0.1) is 17.5 Å². The predicted molar refractivity (Wildman–Crippen MR) is 74.9 cm³/mol. The van der Waals surface area contributed by atoms with Crippen molar-refractivity contribution < 1.29 is 9.59 Å². The lowest BCUT2D eigenvalue weighted by atomic mass is 10.1. The van der Waals surface area contributed by atoms with Gasteiger partial charge in [-0.1, -0.05) is 23.8 Å². The van der Waals surface area contributed by atoms with E-state index >= 15 is 0 Å².